The molecule has 0 aliphatic rings. The lowest BCUT2D eigenvalue weighted by Crippen LogP contribution is -2.24. The first kappa shape index (κ1) is 15.2. The summed E-state index contributed by atoms with van der Waals surface area (Å²) in [5, 5.41) is 0.755. The number of hydrogen-bond donors (Lipinski definition) is 1. The van der Waals surface area contributed by atoms with E-state index < -0.39 is 10.0 Å². The molecule has 0 aromatic heterocycles. The van der Waals surface area contributed by atoms with Crippen molar-refractivity contribution in [3.63, 3.8) is 0 Å². The van der Waals surface area contributed by atoms with Crippen molar-refractivity contribution in [2.45, 2.75) is 23.7 Å². The zero-order valence-corrected chi connectivity index (χ0v) is 13.5. The van der Waals surface area contributed by atoms with Crippen molar-refractivity contribution in [1.82, 2.24) is 4.72 Å². The Bertz CT molecular complexity index is 699. The van der Waals surface area contributed by atoms with Crippen molar-refractivity contribution in [3.05, 3.63) is 65.2 Å². The van der Waals surface area contributed by atoms with Gasteiger partial charge in [0.15, 0.2) is 0 Å². The van der Waals surface area contributed by atoms with Gasteiger partial charge in [0, 0.05) is 11.9 Å². The summed E-state index contributed by atoms with van der Waals surface area (Å²) in [5.74, 6) is 0. The SMILES string of the molecule is Cc1ccccc1S(=O)(=O)NCc1cccc(CBr)c1. The van der Waals surface area contributed by atoms with Gasteiger partial charge in [-0.05, 0) is 29.7 Å². The van der Waals surface area contributed by atoms with Gasteiger partial charge >= 0.3 is 0 Å². The summed E-state index contributed by atoms with van der Waals surface area (Å²) in [4.78, 5) is 0.330. The quantitative estimate of drug-likeness (QED) is 0.837. The van der Waals surface area contributed by atoms with Gasteiger partial charge in [-0.15, -0.1) is 0 Å². The number of rotatable bonds is 5. The Morgan fingerprint density at radius 1 is 1.05 bits per heavy atom. The van der Waals surface area contributed by atoms with Gasteiger partial charge in [-0.1, -0.05) is 58.4 Å². The molecule has 3 nitrogen and oxygen atoms in total. The molecule has 106 valence electrons. The molecule has 0 radical (unpaired) electrons. The van der Waals surface area contributed by atoms with Crippen LogP contribution < -0.4 is 4.72 Å². The first-order valence-corrected chi connectivity index (χ1v) is 8.82. The molecule has 20 heavy (non-hydrogen) atoms. The second kappa shape index (κ2) is 6.52. The summed E-state index contributed by atoms with van der Waals surface area (Å²) >= 11 is 3.39. The topological polar surface area (TPSA) is 46.2 Å². The van der Waals surface area contributed by atoms with Gasteiger partial charge in [0.25, 0.3) is 0 Å². The molecule has 0 heterocycles. The summed E-state index contributed by atoms with van der Waals surface area (Å²) in [6.45, 7) is 2.08. The Morgan fingerprint density at radius 3 is 2.45 bits per heavy atom. The molecule has 0 aliphatic carbocycles. The smallest absolute Gasteiger partial charge is 0.207 e. The number of alkyl halides is 1. The zero-order chi connectivity index (χ0) is 14.6. The number of nitrogens with one attached hydrogen (secondary N) is 1. The first-order chi connectivity index (χ1) is 9.53. The zero-order valence-electron chi connectivity index (χ0n) is 11.1. The summed E-state index contributed by atoms with van der Waals surface area (Å²) in [6, 6.07) is 14.8. The van der Waals surface area contributed by atoms with Crippen molar-refractivity contribution in [3.8, 4) is 0 Å². The van der Waals surface area contributed by atoms with E-state index in [4.69, 9.17) is 0 Å². The Hall–Kier alpha value is -1.17. The molecule has 0 amide bonds. The highest BCUT2D eigenvalue weighted by Gasteiger charge is 2.15. The molecule has 0 bridgehead atoms. The van der Waals surface area contributed by atoms with E-state index >= 15 is 0 Å². The third kappa shape index (κ3) is 3.69. The molecular formula is C15H16BrNO2S. The van der Waals surface area contributed by atoms with Gasteiger partial charge in [-0.3, -0.25) is 0 Å². The van der Waals surface area contributed by atoms with Crippen molar-refractivity contribution in [1.29, 1.82) is 0 Å². The molecule has 0 aliphatic heterocycles. The molecule has 2 rings (SSSR count). The monoisotopic (exact) mass is 353 g/mol. The van der Waals surface area contributed by atoms with Crippen molar-refractivity contribution < 1.29 is 8.42 Å². The minimum absolute atomic E-state index is 0.289. The van der Waals surface area contributed by atoms with E-state index in [9.17, 15) is 8.42 Å². The first-order valence-electron chi connectivity index (χ1n) is 6.22. The highest BCUT2D eigenvalue weighted by atomic mass is 79.9. The van der Waals surface area contributed by atoms with Crippen molar-refractivity contribution >= 4 is 26.0 Å². The van der Waals surface area contributed by atoms with Crippen LogP contribution in [0.1, 0.15) is 16.7 Å². The van der Waals surface area contributed by atoms with Crippen LogP contribution in [-0.2, 0) is 21.9 Å². The van der Waals surface area contributed by atoms with E-state index in [1.165, 1.54) is 0 Å². The summed E-state index contributed by atoms with van der Waals surface area (Å²) in [6.07, 6.45) is 0. The van der Waals surface area contributed by atoms with Gasteiger partial charge in [0.1, 0.15) is 0 Å². The van der Waals surface area contributed by atoms with Crippen LogP contribution in [0.5, 0.6) is 0 Å². The van der Waals surface area contributed by atoms with E-state index in [-0.39, 0.29) is 6.54 Å². The summed E-state index contributed by atoms with van der Waals surface area (Å²) < 4.78 is 27.2. The maximum absolute atomic E-state index is 12.3. The Labute approximate surface area is 128 Å². The number of sulfonamides is 1. The fourth-order valence-electron chi connectivity index (χ4n) is 1.94. The Kier molecular flexibility index (Phi) is 4.96. The molecule has 0 saturated heterocycles. The van der Waals surface area contributed by atoms with Gasteiger partial charge in [0.2, 0.25) is 10.0 Å². The Morgan fingerprint density at radius 2 is 1.75 bits per heavy atom. The van der Waals surface area contributed by atoms with Crippen LogP contribution in [-0.4, -0.2) is 8.42 Å². The molecule has 0 saturated carbocycles. The highest BCUT2D eigenvalue weighted by Crippen LogP contribution is 2.15. The van der Waals surface area contributed by atoms with Crippen LogP contribution in [0.2, 0.25) is 0 Å². The minimum Gasteiger partial charge on any atom is -0.207 e. The fourth-order valence-corrected chi connectivity index (χ4v) is 3.55. The standard InChI is InChI=1S/C15H16BrNO2S/c1-12-5-2-3-8-15(12)20(18,19)17-11-14-7-4-6-13(9-14)10-16/h2-9,17H,10-11H2,1H3. The van der Waals surface area contributed by atoms with Gasteiger partial charge in [-0.2, -0.15) is 0 Å². The van der Waals surface area contributed by atoms with Crippen molar-refractivity contribution in [2.24, 2.45) is 0 Å². The lowest BCUT2D eigenvalue weighted by molar-refractivity contribution is 0.580. The largest absolute Gasteiger partial charge is 0.241 e. The molecule has 2 aromatic carbocycles. The number of halogens is 1. The number of aryl methyl sites for hydroxylation is 1. The predicted molar refractivity (Wildman–Crippen MR) is 84.3 cm³/mol. The van der Waals surface area contributed by atoms with Gasteiger partial charge in [-0.25, -0.2) is 13.1 Å². The lowest BCUT2D eigenvalue weighted by atomic mass is 10.1. The predicted octanol–water partition coefficient (Wildman–Crippen LogP) is 3.37. The number of benzene rings is 2. The normalized spacial score (nSPS) is 11.5. The van der Waals surface area contributed by atoms with Crippen LogP contribution in [0.3, 0.4) is 0 Å². The fraction of sp³-hybridized carbons (Fsp3) is 0.200. The van der Waals surface area contributed by atoms with E-state index in [0.29, 0.717) is 4.90 Å². The molecule has 0 unspecified atom stereocenters. The van der Waals surface area contributed by atoms with Gasteiger partial charge < -0.3 is 0 Å². The van der Waals surface area contributed by atoms with Crippen LogP contribution in [0.15, 0.2) is 53.4 Å². The second-order valence-corrected chi connectivity index (χ2v) is 6.84. The summed E-state index contributed by atoms with van der Waals surface area (Å²) in [5.41, 5.74) is 2.81. The van der Waals surface area contributed by atoms with Crippen LogP contribution in [0.25, 0.3) is 0 Å². The molecule has 5 heteroatoms. The summed E-state index contributed by atoms with van der Waals surface area (Å²) in [7, 11) is -3.47. The molecule has 0 atom stereocenters. The molecule has 2 aromatic rings. The van der Waals surface area contributed by atoms with Crippen LogP contribution in [0.4, 0.5) is 0 Å². The average Bonchev–Trinajstić information content (AvgIpc) is 2.46. The van der Waals surface area contributed by atoms with Crippen LogP contribution in [0, 0.1) is 6.92 Å². The maximum atomic E-state index is 12.3. The minimum atomic E-state index is -3.47. The van der Waals surface area contributed by atoms with E-state index in [0.717, 1.165) is 22.0 Å². The van der Waals surface area contributed by atoms with Gasteiger partial charge in [0.05, 0.1) is 4.90 Å². The highest BCUT2D eigenvalue weighted by molar-refractivity contribution is 9.08. The number of hydrogen-bond acceptors (Lipinski definition) is 2. The molecule has 0 spiro atoms. The molecule has 0 fully saturated rings. The third-order valence-corrected chi connectivity index (χ3v) is 5.20. The van der Waals surface area contributed by atoms with E-state index in [2.05, 4.69) is 20.7 Å². The lowest BCUT2D eigenvalue weighted by Gasteiger charge is -2.09. The molecular weight excluding hydrogens is 338 g/mol. The van der Waals surface area contributed by atoms with E-state index in [1.54, 1.807) is 25.1 Å². The van der Waals surface area contributed by atoms with Crippen molar-refractivity contribution in [2.75, 3.05) is 0 Å². The Balaban J connectivity index is 2.15. The third-order valence-electron chi connectivity index (χ3n) is 3.00. The average molecular weight is 354 g/mol. The van der Waals surface area contributed by atoms with Crippen LogP contribution >= 0.6 is 15.9 Å². The molecule has 1 N–H and O–H groups in total. The maximum Gasteiger partial charge on any atom is 0.241 e. The second-order valence-electron chi connectivity index (χ2n) is 4.54. The van der Waals surface area contributed by atoms with E-state index in [1.807, 2.05) is 30.3 Å².